The van der Waals surface area contributed by atoms with Gasteiger partial charge in [0.15, 0.2) is 11.3 Å². The zero-order valence-corrected chi connectivity index (χ0v) is 28.8. The summed E-state index contributed by atoms with van der Waals surface area (Å²) in [5.74, 6) is 0.362. The van der Waals surface area contributed by atoms with Crippen LogP contribution in [0.3, 0.4) is 0 Å². The minimum absolute atomic E-state index is 0.0812. The molecule has 2 fully saturated rings. The number of aliphatic hydroxyl groups excluding tert-OH is 1. The van der Waals surface area contributed by atoms with Crippen molar-refractivity contribution in [3.63, 3.8) is 0 Å². The highest BCUT2D eigenvalue weighted by Crippen LogP contribution is 2.41. The molecule has 1 saturated heterocycles. The van der Waals surface area contributed by atoms with Crippen molar-refractivity contribution in [3.05, 3.63) is 52.2 Å². The Balaban J connectivity index is 1.00. The number of thiophene rings is 2. The van der Waals surface area contributed by atoms with Crippen LogP contribution in [0.15, 0.2) is 36.0 Å². The maximum Gasteiger partial charge on any atom is 0.245 e. The fourth-order valence-corrected chi connectivity index (χ4v) is 10.3. The Hall–Kier alpha value is -3.38. The van der Waals surface area contributed by atoms with Gasteiger partial charge in [-0.2, -0.15) is 10.2 Å². The van der Waals surface area contributed by atoms with Gasteiger partial charge in [0.1, 0.15) is 39.2 Å². The van der Waals surface area contributed by atoms with Gasteiger partial charge in [0.05, 0.1) is 12.3 Å². The fraction of sp³-hybridized carbons (Fsp3) is 0.419. The lowest BCUT2D eigenvalue weighted by molar-refractivity contribution is -0.133. The summed E-state index contributed by atoms with van der Waals surface area (Å²) in [4.78, 5) is 27.2. The van der Waals surface area contributed by atoms with Crippen LogP contribution in [0.5, 0.6) is 0 Å². The number of thiocarbonyl (C=S) groups is 1. The first-order chi connectivity index (χ1) is 22.8. The lowest BCUT2D eigenvalue weighted by Crippen LogP contribution is -2.53. The molecule has 3 unspecified atom stereocenters. The molecule has 6 aromatic heterocycles. The van der Waals surface area contributed by atoms with Gasteiger partial charge < -0.3 is 25.8 Å². The number of aliphatic hydroxyl groups is 1. The van der Waals surface area contributed by atoms with Crippen LogP contribution >= 0.6 is 46.2 Å². The van der Waals surface area contributed by atoms with Gasteiger partial charge in [-0.3, -0.25) is 4.79 Å². The van der Waals surface area contributed by atoms with E-state index in [0.29, 0.717) is 52.4 Å². The summed E-state index contributed by atoms with van der Waals surface area (Å²) in [7, 11) is 0. The first-order valence-corrected chi connectivity index (χ1v) is 18.5. The molecule has 0 radical (unpaired) electrons. The third-order valence-corrected chi connectivity index (χ3v) is 12.6. The number of carbonyl (C=O) groups excluding carboxylic acids is 1. The third-order valence-electron chi connectivity index (χ3n) is 8.86. The van der Waals surface area contributed by atoms with E-state index in [1.807, 2.05) is 30.5 Å². The number of carbonyl (C=O) groups is 1. The number of ether oxygens (including phenoxy) is 1. The van der Waals surface area contributed by atoms with E-state index in [1.54, 1.807) is 26.9 Å². The molecule has 244 valence electrons. The van der Waals surface area contributed by atoms with Crippen molar-refractivity contribution in [2.24, 2.45) is 5.73 Å². The number of hydrogen-bond donors (Lipinski definition) is 3. The van der Waals surface area contributed by atoms with Gasteiger partial charge in [0, 0.05) is 57.5 Å². The molecule has 16 heteroatoms. The fourth-order valence-electron chi connectivity index (χ4n) is 6.58. The molecule has 0 spiro atoms. The molecule has 47 heavy (non-hydrogen) atoms. The summed E-state index contributed by atoms with van der Waals surface area (Å²) in [6.07, 6.45) is 6.13. The standard InChI is InChI=1S/C31H33N9O3S4/c1-16-9-24-33-12-18(13-39(24)36-16)31-35-29-27(47-31)26(28(32)42)37-40(29)14-25(41)38-6-2-7-43-15-20(38)30(44)34-19-4-3-17(10-19)22-11-23-21(46-22)5-8-45-23/h5,8-9,11-13,17,19-20,28,42H,2-4,6-7,10,14-15,32H2,1H3,(H,34,44)/t17?,19?,20-,28?/m0/s1. The van der Waals surface area contributed by atoms with E-state index < -0.39 is 12.3 Å². The molecule has 12 nitrogen and oxygen atoms in total. The number of nitrogens with two attached hydrogens (primary N) is 1. The van der Waals surface area contributed by atoms with Gasteiger partial charge in [-0.15, -0.1) is 34.0 Å². The molecule has 2 aliphatic rings. The Labute approximate surface area is 287 Å². The van der Waals surface area contributed by atoms with Crippen molar-refractivity contribution >= 4 is 82.5 Å². The summed E-state index contributed by atoms with van der Waals surface area (Å²) < 4.78 is 12.5. The van der Waals surface area contributed by atoms with E-state index in [-0.39, 0.29) is 24.2 Å². The smallest absolute Gasteiger partial charge is 0.245 e. The van der Waals surface area contributed by atoms with Crippen molar-refractivity contribution in [3.8, 4) is 10.6 Å². The highest BCUT2D eigenvalue weighted by molar-refractivity contribution is 7.80. The first kappa shape index (κ1) is 30.9. The molecule has 7 heterocycles. The lowest BCUT2D eigenvalue weighted by Gasteiger charge is -2.31. The second-order valence-corrected chi connectivity index (χ2v) is 15.6. The van der Waals surface area contributed by atoms with Crippen LogP contribution in [0.1, 0.15) is 54.1 Å². The van der Waals surface area contributed by atoms with Crippen molar-refractivity contribution in [1.29, 1.82) is 0 Å². The summed E-state index contributed by atoms with van der Waals surface area (Å²) >= 11 is 11.0. The lowest BCUT2D eigenvalue weighted by atomic mass is 10.1. The molecule has 1 amide bonds. The number of rotatable bonds is 7. The Morgan fingerprint density at radius 2 is 2.15 bits per heavy atom. The van der Waals surface area contributed by atoms with E-state index in [0.717, 1.165) is 36.2 Å². The molecular weight excluding hydrogens is 675 g/mol. The predicted octanol–water partition coefficient (Wildman–Crippen LogP) is 4.61. The zero-order valence-electron chi connectivity index (χ0n) is 25.5. The van der Waals surface area contributed by atoms with Gasteiger partial charge in [-0.1, -0.05) is 12.2 Å². The molecule has 1 aliphatic heterocycles. The molecule has 0 aromatic carbocycles. The maximum absolute atomic E-state index is 14.0. The van der Waals surface area contributed by atoms with Crippen LogP contribution < -0.4 is 11.1 Å². The molecule has 1 saturated carbocycles. The van der Waals surface area contributed by atoms with Crippen LogP contribution in [-0.2, 0) is 16.1 Å². The monoisotopic (exact) mass is 707 g/mol. The number of nitrogens with zero attached hydrogens (tertiary/aromatic N) is 7. The maximum atomic E-state index is 14.0. The molecule has 0 bridgehead atoms. The van der Waals surface area contributed by atoms with E-state index in [2.05, 4.69) is 38.0 Å². The second-order valence-electron chi connectivity index (χ2n) is 12.1. The summed E-state index contributed by atoms with van der Waals surface area (Å²) in [6, 6.07) is 6.30. The number of aryl methyl sites for hydroxylation is 1. The van der Waals surface area contributed by atoms with Crippen molar-refractivity contribution in [2.45, 2.75) is 63.4 Å². The average molecular weight is 708 g/mol. The summed E-state index contributed by atoms with van der Waals surface area (Å²) in [5.41, 5.74) is 9.01. The predicted molar refractivity (Wildman–Crippen MR) is 188 cm³/mol. The van der Waals surface area contributed by atoms with E-state index >= 15 is 0 Å². The zero-order chi connectivity index (χ0) is 32.2. The number of nitrogens with one attached hydrogen (secondary N) is 1. The van der Waals surface area contributed by atoms with Crippen LogP contribution in [-0.4, -0.2) is 82.1 Å². The minimum atomic E-state index is -1.33. The van der Waals surface area contributed by atoms with Gasteiger partial charge in [-0.25, -0.2) is 19.2 Å². The SMILES string of the molecule is Cc1cc2ncc(-c3nc4c(s3)c(C(N)O)nn4CC(=O)N3CCCOC[C@H]3C(=S)NC3CCC(c4cc5sccc5s4)C3)cn2n1. The first-order valence-electron chi connectivity index (χ1n) is 15.6. The molecule has 4 N–H and O–H groups in total. The third kappa shape index (κ3) is 5.96. The number of aromatic nitrogens is 6. The van der Waals surface area contributed by atoms with Gasteiger partial charge in [0.25, 0.3) is 0 Å². The minimum Gasteiger partial charge on any atom is -0.379 e. The molecule has 8 rings (SSSR count). The van der Waals surface area contributed by atoms with Crippen LogP contribution in [0.25, 0.3) is 36.0 Å². The number of thiazole rings is 1. The van der Waals surface area contributed by atoms with E-state index in [4.69, 9.17) is 27.7 Å². The largest absolute Gasteiger partial charge is 0.379 e. The summed E-state index contributed by atoms with van der Waals surface area (Å²) in [5, 5.41) is 25.8. The topological polar surface area (TPSA) is 149 Å². The molecule has 1 aliphatic carbocycles. The quantitative estimate of drug-likeness (QED) is 0.159. The number of fused-ring (bicyclic) bond motifs is 3. The molecule has 4 atom stereocenters. The highest BCUT2D eigenvalue weighted by atomic mass is 32.1. The number of amides is 1. The Morgan fingerprint density at radius 1 is 1.26 bits per heavy atom. The van der Waals surface area contributed by atoms with E-state index in [9.17, 15) is 9.90 Å². The van der Waals surface area contributed by atoms with Crippen LogP contribution in [0.2, 0.25) is 0 Å². The van der Waals surface area contributed by atoms with Gasteiger partial charge >= 0.3 is 0 Å². The van der Waals surface area contributed by atoms with Crippen LogP contribution in [0, 0.1) is 6.92 Å². The van der Waals surface area contributed by atoms with Crippen molar-refractivity contribution < 1.29 is 14.6 Å². The Kier molecular flexibility index (Phi) is 8.27. The Morgan fingerprint density at radius 3 is 3.00 bits per heavy atom. The second kappa shape index (κ2) is 12.6. The molecular formula is C31H33N9O3S4. The average Bonchev–Trinajstić information content (AvgIpc) is 3.87. The van der Waals surface area contributed by atoms with Gasteiger partial charge in [0.2, 0.25) is 5.91 Å². The van der Waals surface area contributed by atoms with Gasteiger partial charge in [-0.05, 0) is 56.0 Å². The van der Waals surface area contributed by atoms with E-state index in [1.165, 1.54) is 30.3 Å². The Bertz CT molecular complexity index is 2080. The van der Waals surface area contributed by atoms with Crippen molar-refractivity contribution in [2.75, 3.05) is 19.8 Å². The normalized spacial score (nSPS) is 21.2. The number of hydrogen-bond acceptors (Lipinski definition) is 12. The van der Waals surface area contributed by atoms with Crippen molar-refractivity contribution in [1.82, 2.24) is 39.6 Å². The summed E-state index contributed by atoms with van der Waals surface area (Å²) in [6.45, 7) is 3.23. The molecule has 6 aromatic rings. The highest BCUT2D eigenvalue weighted by Gasteiger charge is 2.34. The van der Waals surface area contributed by atoms with Crippen LogP contribution in [0.4, 0.5) is 0 Å².